The largest absolute Gasteiger partial charge is 0.461 e. The summed E-state index contributed by atoms with van der Waals surface area (Å²) in [4.78, 5) is 30.0. The van der Waals surface area contributed by atoms with E-state index in [1.54, 1.807) is 44.9 Å². The number of likely N-dealkylation sites (N-methyl/N-ethyl adjacent to an activating group) is 1. The average molecular weight is 475 g/mol. The lowest BCUT2D eigenvalue weighted by atomic mass is 9.75. The third-order valence-corrected chi connectivity index (χ3v) is 7.70. The van der Waals surface area contributed by atoms with Crippen molar-refractivity contribution < 1.29 is 23.5 Å². The third kappa shape index (κ3) is 4.27. The van der Waals surface area contributed by atoms with Gasteiger partial charge in [0.25, 0.3) is 0 Å². The Morgan fingerprint density at radius 1 is 1.18 bits per heavy atom. The fourth-order valence-corrected chi connectivity index (χ4v) is 6.10. The minimum absolute atomic E-state index is 0.147. The Balaban J connectivity index is 1.66. The van der Waals surface area contributed by atoms with Gasteiger partial charge in [-0.3, -0.25) is 4.90 Å². The molecule has 2 fully saturated rings. The molecule has 2 heterocycles. The van der Waals surface area contributed by atoms with Crippen LogP contribution in [0.2, 0.25) is 0 Å². The van der Waals surface area contributed by atoms with E-state index in [9.17, 15) is 9.59 Å². The highest BCUT2D eigenvalue weighted by Gasteiger charge is 2.65. The maximum atomic E-state index is 16.7. The first-order valence-corrected chi connectivity index (χ1v) is 12.6. The first-order valence-electron chi connectivity index (χ1n) is 12.6. The Kier molecular flexibility index (Phi) is 6.36. The van der Waals surface area contributed by atoms with Crippen molar-refractivity contribution in [1.29, 1.82) is 0 Å². The van der Waals surface area contributed by atoms with Crippen LogP contribution in [-0.4, -0.2) is 47.9 Å². The summed E-state index contributed by atoms with van der Waals surface area (Å²) in [7, 11) is 1.76. The SMILES string of the molecule is CC(C)[C@@H]1CC[C@@H](C)C[C@H]1OC(=O)[C@@H]1CC2(F)c3ccccc3N(C)C2N1C(=O)OC(C)(C)C. The maximum absolute atomic E-state index is 16.7. The first-order chi connectivity index (χ1) is 15.8. The van der Waals surface area contributed by atoms with Crippen molar-refractivity contribution in [2.75, 3.05) is 11.9 Å². The molecule has 1 saturated carbocycles. The van der Waals surface area contributed by atoms with Gasteiger partial charge in [0.05, 0.1) is 0 Å². The zero-order valence-corrected chi connectivity index (χ0v) is 21.5. The number of amides is 1. The van der Waals surface area contributed by atoms with Crippen LogP contribution < -0.4 is 4.90 Å². The molecule has 188 valence electrons. The number of hydrogen-bond donors (Lipinski definition) is 0. The zero-order chi connectivity index (χ0) is 25.0. The van der Waals surface area contributed by atoms with E-state index in [1.165, 1.54) is 4.90 Å². The van der Waals surface area contributed by atoms with Gasteiger partial charge in [-0.2, -0.15) is 0 Å². The van der Waals surface area contributed by atoms with Gasteiger partial charge in [0.15, 0.2) is 5.67 Å². The van der Waals surface area contributed by atoms with Gasteiger partial charge in [-0.05, 0) is 57.4 Å². The molecular weight excluding hydrogens is 435 g/mol. The number of alkyl halides is 1. The fraction of sp³-hybridized carbons (Fsp3) is 0.704. The number of anilines is 1. The molecule has 6 nitrogen and oxygen atoms in total. The Morgan fingerprint density at radius 2 is 1.85 bits per heavy atom. The molecule has 3 aliphatic rings. The van der Waals surface area contributed by atoms with Crippen LogP contribution in [0.4, 0.5) is 14.9 Å². The topological polar surface area (TPSA) is 59.1 Å². The third-order valence-electron chi connectivity index (χ3n) is 7.70. The van der Waals surface area contributed by atoms with E-state index in [1.807, 2.05) is 12.1 Å². The van der Waals surface area contributed by atoms with Gasteiger partial charge >= 0.3 is 12.1 Å². The second-order valence-electron chi connectivity index (χ2n) is 11.8. The molecule has 0 spiro atoms. The molecule has 0 aromatic heterocycles. The number of hydrogen-bond acceptors (Lipinski definition) is 5. The van der Waals surface area contributed by atoms with Gasteiger partial charge < -0.3 is 14.4 Å². The molecule has 1 saturated heterocycles. The van der Waals surface area contributed by atoms with Gasteiger partial charge in [-0.25, -0.2) is 14.0 Å². The van der Waals surface area contributed by atoms with Crippen LogP contribution in [0.25, 0.3) is 0 Å². The van der Waals surface area contributed by atoms with Crippen molar-refractivity contribution in [3.8, 4) is 0 Å². The number of ether oxygens (including phenoxy) is 2. The van der Waals surface area contributed by atoms with Crippen molar-refractivity contribution >= 4 is 17.7 Å². The molecular formula is C27H39FN2O4. The molecule has 1 amide bonds. The van der Waals surface area contributed by atoms with Crippen molar-refractivity contribution in [3.63, 3.8) is 0 Å². The van der Waals surface area contributed by atoms with Crippen molar-refractivity contribution in [3.05, 3.63) is 29.8 Å². The van der Waals surface area contributed by atoms with E-state index in [-0.39, 0.29) is 18.4 Å². The molecule has 0 N–H and O–H groups in total. The van der Waals surface area contributed by atoms with Crippen LogP contribution in [0.15, 0.2) is 24.3 Å². The molecule has 0 bridgehead atoms. The minimum atomic E-state index is -1.89. The Morgan fingerprint density at radius 3 is 2.50 bits per heavy atom. The monoisotopic (exact) mass is 474 g/mol. The first kappa shape index (κ1) is 24.8. The summed E-state index contributed by atoms with van der Waals surface area (Å²) < 4.78 is 28.5. The van der Waals surface area contributed by atoms with Gasteiger partial charge in [-0.1, -0.05) is 45.4 Å². The number of rotatable bonds is 3. The van der Waals surface area contributed by atoms with E-state index in [2.05, 4.69) is 20.8 Å². The van der Waals surface area contributed by atoms with Crippen LogP contribution in [0, 0.1) is 17.8 Å². The second-order valence-corrected chi connectivity index (χ2v) is 11.8. The number of carbonyl (C=O) groups is 2. The molecule has 1 aromatic rings. The summed E-state index contributed by atoms with van der Waals surface area (Å²) in [5.41, 5.74) is -1.45. The number of benzene rings is 1. The van der Waals surface area contributed by atoms with Crippen LogP contribution in [0.3, 0.4) is 0 Å². The molecule has 0 radical (unpaired) electrons. The predicted octanol–water partition coefficient (Wildman–Crippen LogP) is 5.64. The number of carbonyl (C=O) groups excluding carboxylic acids is 2. The summed E-state index contributed by atoms with van der Waals surface area (Å²) >= 11 is 0. The molecule has 34 heavy (non-hydrogen) atoms. The molecule has 4 rings (SSSR count). The Bertz CT molecular complexity index is 945. The van der Waals surface area contributed by atoms with Gasteiger partial charge in [-0.15, -0.1) is 0 Å². The van der Waals surface area contributed by atoms with Crippen LogP contribution in [0.1, 0.15) is 72.8 Å². The number of esters is 1. The van der Waals surface area contributed by atoms with Gasteiger partial charge in [0, 0.05) is 24.7 Å². The van der Waals surface area contributed by atoms with Crippen LogP contribution in [0.5, 0.6) is 0 Å². The lowest BCUT2D eigenvalue weighted by molar-refractivity contribution is -0.161. The second kappa shape index (κ2) is 8.72. The van der Waals surface area contributed by atoms with Crippen molar-refractivity contribution in [2.45, 2.75) is 96.8 Å². The van der Waals surface area contributed by atoms with E-state index >= 15 is 4.39 Å². The average Bonchev–Trinajstić information content (AvgIpc) is 3.16. The summed E-state index contributed by atoms with van der Waals surface area (Å²) in [6.45, 7) is 11.8. The molecule has 7 heteroatoms. The quantitative estimate of drug-likeness (QED) is 0.531. The smallest absolute Gasteiger partial charge is 0.412 e. The number of likely N-dealkylation sites (tertiary alicyclic amines) is 1. The maximum Gasteiger partial charge on any atom is 0.412 e. The Hall–Kier alpha value is -2.31. The highest BCUT2D eigenvalue weighted by Crippen LogP contribution is 2.55. The van der Waals surface area contributed by atoms with Gasteiger partial charge in [0.2, 0.25) is 0 Å². The Labute approximate surface area is 202 Å². The summed E-state index contributed by atoms with van der Waals surface area (Å²) in [6, 6.07) is 6.16. The normalized spacial score (nSPS) is 33.0. The van der Waals surface area contributed by atoms with Crippen molar-refractivity contribution in [2.24, 2.45) is 17.8 Å². The fourth-order valence-electron chi connectivity index (χ4n) is 6.10. The molecule has 1 aliphatic carbocycles. The standard InChI is InChI=1S/C27H39FN2O4/c1-16(2)18-13-12-17(3)14-22(18)33-23(31)21-15-27(28)19-10-8-9-11-20(19)29(7)24(27)30(21)25(32)34-26(4,5)6/h8-11,16-18,21-22,24H,12-15H2,1-7H3/t17-,18+,21+,22-,24?,27?/m1/s1. The van der Waals surface area contributed by atoms with Crippen LogP contribution in [-0.2, 0) is 19.9 Å². The number of halogens is 1. The van der Waals surface area contributed by atoms with E-state index in [0.717, 1.165) is 24.9 Å². The molecule has 2 aliphatic heterocycles. The van der Waals surface area contributed by atoms with Crippen molar-refractivity contribution in [1.82, 2.24) is 4.90 Å². The highest BCUT2D eigenvalue weighted by molar-refractivity contribution is 5.85. The molecule has 6 atom stereocenters. The van der Waals surface area contributed by atoms with Crippen LogP contribution >= 0.6 is 0 Å². The zero-order valence-electron chi connectivity index (χ0n) is 21.5. The summed E-state index contributed by atoms with van der Waals surface area (Å²) in [5.74, 6) is 0.565. The molecule has 2 unspecified atom stereocenters. The summed E-state index contributed by atoms with van der Waals surface area (Å²) in [5, 5.41) is 0. The lowest BCUT2D eigenvalue weighted by Gasteiger charge is -2.38. The van der Waals surface area contributed by atoms with E-state index in [4.69, 9.17) is 9.47 Å². The number of nitrogens with zero attached hydrogens (tertiary/aromatic N) is 2. The van der Waals surface area contributed by atoms with E-state index < -0.39 is 35.5 Å². The molecule has 1 aromatic carbocycles. The van der Waals surface area contributed by atoms with E-state index in [0.29, 0.717) is 17.4 Å². The number of fused-ring (bicyclic) bond motifs is 3. The predicted molar refractivity (Wildman–Crippen MR) is 129 cm³/mol. The lowest BCUT2D eigenvalue weighted by Crippen LogP contribution is -2.54. The minimum Gasteiger partial charge on any atom is -0.461 e. The number of para-hydroxylation sites is 1. The highest BCUT2D eigenvalue weighted by atomic mass is 19.1. The summed E-state index contributed by atoms with van der Waals surface area (Å²) in [6.07, 6.45) is 0.870. The van der Waals surface area contributed by atoms with Gasteiger partial charge in [0.1, 0.15) is 23.9 Å².